The molecule has 4 fully saturated rings. The van der Waals surface area contributed by atoms with Crippen molar-refractivity contribution < 1.29 is 9.53 Å². The van der Waals surface area contributed by atoms with Crippen LogP contribution in [0.15, 0.2) is 42.5 Å². The second kappa shape index (κ2) is 3.84. The number of esters is 1. The highest BCUT2D eigenvalue weighted by Crippen LogP contribution is 2.81. The highest BCUT2D eigenvalue weighted by Gasteiger charge is 2.74. The summed E-state index contributed by atoms with van der Waals surface area (Å²) >= 11 is 0. The number of rotatable bonds is 2. The third-order valence-corrected chi connectivity index (χ3v) is 7.15. The Kier molecular flexibility index (Phi) is 2.26. The van der Waals surface area contributed by atoms with Gasteiger partial charge in [-0.05, 0) is 73.8 Å². The molecule has 6 aliphatic carbocycles. The van der Waals surface area contributed by atoms with Crippen molar-refractivity contribution in [3.05, 3.63) is 42.5 Å². The Hall–Kier alpha value is -1.57. The zero-order chi connectivity index (χ0) is 15.0. The second-order valence-electron chi connectivity index (χ2n) is 8.37. The predicted octanol–water partition coefficient (Wildman–Crippen LogP) is 4.36. The zero-order valence-corrected chi connectivity index (χ0v) is 13.0. The monoisotopic (exact) mass is 294 g/mol. The topological polar surface area (TPSA) is 26.3 Å². The molecule has 0 radical (unpaired) electrons. The molecule has 0 spiro atoms. The zero-order valence-electron chi connectivity index (χ0n) is 13.0. The minimum absolute atomic E-state index is 0.0324. The van der Waals surface area contributed by atoms with E-state index in [9.17, 15) is 4.79 Å². The highest BCUT2D eigenvalue weighted by atomic mass is 16.5. The standard InChI is InChI=1S/C20H22O2/c1-18(17(21)22-14-5-3-2-4-6-14)8-7-15-16(11-18)20-10-9-19(15,12-20)13-20/h2-6,9-10,15-16H,7-8,11-13H2,1H3. The summed E-state index contributed by atoms with van der Waals surface area (Å²) in [5, 5.41) is 0. The number of carbonyl (C=O) groups excluding carboxylic acids is 1. The molecule has 1 aromatic rings. The number of ether oxygens (including phenoxy) is 1. The average Bonchev–Trinajstić information content (AvgIpc) is 3.18. The van der Waals surface area contributed by atoms with Gasteiger partial charge in [0, 0.05) is 0 Å². The van der Waals surface area contributed by atoms with Gasteiger partial charge in [-0.2, -0.15) is 0 Å². The van der Waals surface area contributed by atoms with E-state index in [1.54, 1.807) is 0 Å². The lowest BCUT2D eigenvalue weighted by molar-refractivity contribution is -0.149. The molecule has 7 rings (SSSR count). The maximum absolute atomic E-state index is 12.8. The van der Waals surface area contributed by atoms with E-state index in [4.69, 9.17) is 4.74 Å². The summed E-state index contributed by atoms with van der Waals surface area (Å²) < 4.78 is 5.67. The average molecular weight is 294 g/mol. The maximum atomic E-state index is 12.8. The van der Waals surface area contributed by atoms with Gasteiger partial charge in [-0.25, -0.2) is 0 Å². The van der Waals surface area contributed by atoms with Crippen LogP contribution in [0, 0.1) is 28.1 Å². The Bertz CT molecular complexity index is 668. The maximum Gasteiger partial charge on any atom is 0.317 e. The van der Waals surface area contributed by atoms with Crippen molar-refractivity contribution in [3.8, 4) is 5.75 Å². The lowest BCUT2D eigenvalue weighted by Crippen LogP contribution is -2.41. The lowest BCUT2D eigenvalue weighted by atomic mass is 9.63. The minimum Gasteiger partial charge on any atom is -0.426 e. The normalized spacial score (nSPS) is 47.0. The molecule has 0 aliphatic heterocycles. The molecule has 3 atom stereocenters. The second-order valence-corrected chi connectivity index (χ2v) is 8.37. The van der Waals surface area contributed by atoms with Crippen LogP contribution in [0.25, 0.3) is 0 Å². The van der Waals surface area contributed by atoms with Crippen molar-refractivity contribution >= 4 is 5.97 Å². The molecule has 2 heteroatoms. The van der Waals surface area contributed by atoms with Crippen LogP contribution < -0.4 is 4.74 Å². The van der Waals surface area contributed by atoms with Crippen molar-refractivity contribution in [1.29, 1.82) is 0 Å². The van der Waals surface area contributed by atoms with Crippen molar-refractivity contribution in [3.63, 3.8) is 0 Å². The SMILES string of the molecule is CC1(C(=O)Oc2ccccc2)CCC2C(C1)C13C=CC2(C1)C3. The van der Waals surface area contributed by atoms with Gasteiger partial charge in [0.15, 0.2) is 0 Å². The minimum atomic E-state index is -0.312. The van der Waals surface area contributed by atoms with E-state index >= 15 is 0 Å². The van der Waals surface area contributed by atoms with E-state index in [0.29, 0.717) is 22.5 Å². The van der Waals surface area contributed by atoms with Gasteiger partial charge in [0.2, 0.25) is 0 Å². The molecular formula is C20H22O2. The first kappa shape index (κ1) is 12.9. The molecule has 0 saturated heterocycles. The van der Waals surface area contributed by atoms with E-state index in [0.717, 1.165) is 18.8 Å². The molecule has 2 bridgehead atoms. The first-order valence-corrected chi connectivity index (χ1v) is 8.53. The molecule has 1 aromatic carbocycles. The highest BCUT2D eigenvalue weighted by molar-refractivity contribution is 5.79. The summed E-state index contributed by atoms with van der Waals surface area (Å²) in [7, 11) is 0. The molecule has 0 N–H and O–H groups in total. The Morgan fingerprint density at radius 2 is 1.77 bits per heavy atom. The number of para-hydroxylation sites is 1. The summed E-state index contributed by atoms with van der Waals surface area (Å²) in [4.78, 5) is 12.8. The van der Waals surface area contributed by atoms with Crippen LogP contribution in [0.4, 0.5) is 0 Å². The Labute approximate surface area is 131 Å². The third-order valence-electron chi connectivity index (χ3n) is 7.15. The molecule has 0 heterocycles. The van der Waals surface area contributed by atoms with Gasteiger partial charge in [-0.1, -0.05) is 30.4 Å². The molecule has 3 unspecified atom stereocenters. The first-order chi connectivity index (χ1) is 10.6. The molecule has 6 aliphatic rings. The summed E-state index contributed by atoms with van der Waals surface area (Å²) in [6.45, 7) is 2.12. The Balaban J connectivity index is 1.38. The Morgan fingerprint density at radius 1 is 1.09 bits per heavy atom. The number of hydrogen-bond acceptors (Lipinski definition) is 2. The number of hydrogen-bond donors (Lipinski definition) is 0. The quantitative estimate of drug-likeness (QED) is 0.460. The molecule has 0 aromatic heterocycles. The largest absolute Gasteiger partial charge is 0.426 e. The van der Waals surface area contributed by atoms with Crippen LogP contribution in [0.2, 0.25) is 0 Å². The molecule has 22 heavy (non-hydrogen) atoms. The fourth-order valence-electron chi connectivity index (χ4n) is 6.11. The van der Waals surface area contributed by atoms with E-state index in [1.165, 1.54) is 19.3 Å². The first-order valence-electron chi connectivity index (χ1n) is 8.53. The number of allylic oxidation sites excluding steroid dienone is 2. The Morgan fingerprint density at radius 3 is 2.50 bits per heavy atom. The van der Waals surface area contributed by atoms with Crippen molar-refractivity contribution in [1.82, 2.24) is 0 Å². The van der Waals surface area contributed by atoms with Crippen molar-refractivity contribution in [2.75, 3.05) is 0 Å². The van der Waals surface area contributed by atoms with Gasteiger partial charge < -0.3 is 4.74 Å². The summed E-state index contributed by atoms with van der Waals surface area (Å²) in [6.07, 6.45) is 10.9. The third kappa shape index (κ3) is 1.44. The van der Waals surface area contributed by atoms with Gasteiger partial charge >= 0.3 is 5.97 Å². The molecule has 4 saturated carbocycles. The van der Waals surface area contributed by atoms with Crippen molar-refractivity contribution in [2.45, 2.75) is 39.0 Å². The molecular weight excluding hydrogens is 272 g/mol. The molecule has 0 amide bonds. The van der Waals surface area contributed by atoms with Crippen LogP contribution in [0.3, 0.4) is 0 Å². The van der Waals surface area contributed by atoms with E-state index in [-0.39, 0.29) is 11.4 Å². The number of benzene rings is 1. The summed E-state index contributed by atoms with van der Waals surface area (Å²) in [6, 6.07) is 9.49. The van der Waals surface area contributed by atoms with Crippen LogP contribution in [0.5, 0.6) is 5.75 Å². The van der Waals surface area contributed by atoms with E-state index in [1.807, 2.05) is 30.3 Å². The van der Waals surface area contributed by atoms with Gasteiger partial charge in [0.1, 0.15) is 5.75 Å². The predicted molar refractivity (Wildman–Crippen MR) is 84.3 cm³/mol. The number of carbonyl (C=O) groups is 1. The van der Waals surface area contributed by atoms with Crippen LogP contribution >= 0.6 is 0 Å². The van der Waals surface area contributed by atoms with Gasteiger partial charge in [-0.15, -0.1) is 0 Å². The smallest absolute Gasteiger partial charge is 0.317 e. The lowest BCUT2D eigenvalue weighted by Gasteiger charge is -2.41. The van der Waals surface area contributed by atoms with Crippen LogP contribution in [0.1, 0.15) is 39.0 Å². The van der Waals surface area contributed by atoms with Crippen LogP contribution in [-0.2, 0) is 4.79 Å². The fraction of sp³-hybridized carbons (Fsp3) is 0.550. The molecule has 2 nitrogen and oxygen atoms in total. The van der Waals surface area contributed by atoms with E-state index in [2.05, 4.69) is 19.1 Å². The van der Waals surface area contributed by atoms with Gasteiger partial charge in [0.05, 0.1) is 5.41 Å². The van der Waals surface area contributed by atoms with Gasteiger partial charge in [0.25, 0.3) is 0 Å². The van der Waals surface area contributed by atoms with Gasteiger partial charge in [-0.3, -0.25) is 4.79 Å². The van der Waals surface area contributed by atoms with Crippen molar-refractivity contribution in [2.24, 2.45) is 28.1 Å². The van der Waals surface area contributed by atoms with E-state index < -0.39 is 0 Å². The van der Waals surface area contributed by atoms with Crippen LogP contribution in [-0.4, -0.2) is 5.97 Å². The summed E-state index contributed by atoms with van der Waals surface area (Å²) in [5.74, 6) is 2.18. The fourth-order valence-corrected chi connectivity index (χ4v) is 6.11. The molecule has 114 valence electrons. The summed E-state index contributed by atoms with van der Waals surface area (Å²) in [5.41, 5.74) is 0.655.